The van der Waals surface area contributed by atoms with Gasteiger partial charge in [0, 0.05) is 11.6 Å². The van der Waals surface area contributed by atoms with E-state index in [2.05, 4.69) is 35.2 Å². The van der Waals surface area contributed by atoms with Crippen molar-refractivity contribution in [2.75, 3.05) is 5.32 Å². The number of nitrogens with zero attached hydrogens (tertiary/aromatic N) is 1. The standard InChI is InChI=1S/C19H21N3O2S/c1-12(2)14-6-4-7-15(10-14)24-13(3)18(23)22-19-21-17(11-25-19)16-8-5-9-20-16/h4-13,20H,1-3H3,(H,21,22,23). The van der Waals surface area contributed by atoms with Crippen LogP contribution in [0, 0.1) is 0 Å². The minimum atomic E-state index is -0.611. The molecule has 1 aromatic carbocycles. The molecule has 1 amide bonds. The van der Waals surface area contributed by atoms with Gasteiger partial charge in [-0.05, 0) is 42.7 Å². The van der Waals surface area contributed by atoms with Gasteiger partial charge in [-0.3, -0.25) is 10.1 Å². The van der Waals surface area contributed by atoms with E-state index < -0.39 is 6.10 Å². The molecule has 2 N–H and O–H groups in total. The van der Waals surface area contributed by atoms with Gasteiger partial charge in [0.15, 0.2) is 11.2 Å². The lowest BCUT2D eigenvalue weighted by Crippen LogP contribution is -2.30. The number of rotatable bonds is 6. The smallest absolute Gasteiger partial charge is 0.266 e. The molecule has 0 spiro atoms. The van der Waals surface area contributed by atoms with Gasteiger partial charge in [-0.2, -0.15) is 0 Å². The third-order valence-electron chi connectivity index (χ3n) is 3.82. The third-order valence-corrected chi connectivity index (χ3v) is 4.57. The van der Waals surface area contributed by atoms with Crippen LogP contribution in [0.25, 0.3) is 11.4 Å². The fourth-order valence-corrected chi connectivity index (χ4v) is 3.07. The molecule has 25 heavy (non-hydrogen) atoms. The molecule has 3 aromatic rings. The van der Waals surface area contributed by atoms with E-state index in [1.165, 1.54) is 16.9 Å². The number of thiazole rings is 1. The van der Waals surface area contributed by atoms with E-state index in [0.29, 0.717) is 16.8 Å². The second kappa shape index (κ2) is 7.53. The SMILES string of the molecule is CC(Oc1cccc(C(C)C)c1)C(=O)Nc1nc(-c2ccc[nH]2)cs1. The third kappa shape index (κ3) is 4.28. The van der Waals surface area contributed by atoms with Crippen molar-refractivity contribution in [2.24, 2.45) is 0 Å². The molecular weight excluding hydrogens is 334 g/mol. The van der Waals surface area contributed by atoms with Gasteiger partial charge in [-0.15, -0.1) is 11.3 Å². The Balaban J connectivity index is 1.62. The monoisotopic (exact) mass is 355 g/mol. The number of carbonyl (C=O) groups is 1. The normalized spacial score (nSPS) is 12.2. The highest BCUT2D eigenvalue weighted by Crippen LogP contribution is 2.24. The zero-order chi connectivity index (χ0) is 17.8. The molecule has 0 saturated heterocycles. The first-order chi connectivity index (χ1) is 12.0. The number of amides is 1. The lowest BCUT2D eigenvalue weighted by atomic mass is 10.0. The van der Waals surface area contributed by atoms with Crippen LogP contribution in [-0.4, -0.2) is 22.0 Å². The summed E-state index contributed by atoms with van der Waals surface area (Å²) in [6, 6.07) is 11.7. The molecule has 0 aliphatic carbocycles. The Morgan fingerprint density at radius 1 is 1.24 bits per heavy atom. The van der Waals surface area contributed by atoms with Gasteiger partial charge in [0.25, 0.3) is 5.91 Å². The molecule has 0 aliphatic heterocycles. The number of H-pyrrole nitrogens is 1. The van der Waals surface area contributed by atoms with Crippen molar-refractivity contribution < 1.29 is 9.53 Å². The molecule has 2 heterocycles. The number of aromatic nitrogens is 2. The van der Waals surface area contributed by atoms with Crippen molar-refractivity contribution in [1.29, 1.82) is 0 Å². The van der Waals surface area contributed by atoms with Crippen LogP contribution < -0.4 is 10.1 Å². The summed E-state index contributed by atoms with van der Waals surface area (Å²) in [5.74, 6) is 0.886. The van der Waals surface area contributed by atoms with Crippen molar-refractivity contribution in [2.45, 2.75) is 32.8 Å². The van der Waals surface area contributed by atoms with Gasteiger partial charge < -0.3 is 9.72 Å². The first-order valence-corrected chi connectivity index (χ1v) is 9.07. The predicted octanol–water partition coefficient (Wildman–Crippen LogP) is 4.67. The van der Waals surface area contributed by atoms with E-state index in [0.717, 1.165) is 11.4 Å². The highest BCUT2D eigenvalue weighted by atomic mass is 32.1. The minimum absolute atomic E-state index is 0.220. The molecule has 0 bridgehead atoms. The molecule has 0 radical (unpaired) electrons. The van der Waals surface area contributed by atoms with Crippen molar-refractivity contribution >= 4 is 22.4 Å². The van der Waals surface area contributed by atoms with Crippen LogP contribution in [0.5, 0.6) is 5.75 Å². The largest absolute Gasteiger partial charge is 0.481 e. The lowest BCUT2D eigenvalue weighted by Gasteiger charge is -2.15. The Kier molecular flexibility index (Phi) is 5.19. The first kappa shape index (κ1) is 17.2. The van der Waals surface area contributed by atoms with Gasteiger partial charge in [0.2, 0.25) is 0 Å². The number of anilines is 1. The fourth-order valence-electron chi connectivity index (χ4n) is 2.36. The summed E-state index contributed by atoms with van der Waals surface area (Å²) < 4.78 is 5.78. The van der Waals surface area contributed by atoms with Crippen LogP contribution >= 0.6 is 11.3 Å². The Labute approximate surface area is 151 Å². The highest BCUT2D eigenvalue weighted by Gasteiger charge is 2.17. The number of hydrogen-bond donors (Lipinski definition) is 2. The summed E-state index contributed by atoms with van der Waals surface area (Å²) in [6.07, 6.45) is 1.23. The molecule has 1 unspecified atom stereocenters. The van der Waals surface area contributed by atoms with E-state index in [1.807, 2.05) is 41.9 Å². The molecule has 0 fully saturated rings. The summed E-state index contributed by atoms with van der Waals surface area (Å²) in [7, 11) is 0. The van der Waals surface area contributed by atoms with Crippen LogP contribution in [0.2, 0.25) is 0 Å². The average molecular weight is 355 g/mol. The molecule has 0 saturated carbocycles. The van der Waals surface area contributed by atoms with Gasteiger partial charge >= 0.3 is 0 Å². The van der Waals surface area contributed by atoms with E-state index >= 15 is 0 Å². The quantitative estimate of drug-likeness (QED) is 0.675. The highest BCUT2D eigenvalue weighted by molar-refractivity contribution is 7.14. The minimum Gasteiger partial charge on any atom is -0.481 e. The molecule has 1 atom stereocenters. The fraction of sp³-hybridized carbons (Fsp3) is 0.263. The van der Waals surface area contributed by atoms with E-state index in [-0.39, 0.29) is 5.91 Å². The predicted molar refractivity (Wildman–Crippen MR) is 101 cm³/mol. The number of ether oxygens (including phenoxy) is 1. The maximum absolute atomic E-state index is 12.4. The topological polar surface area (TPSA) is 67.0 Å². The molecule has 2 aromatic heterocycles. The van der Waals surface area contributed by atoms with Crippen LogP contribution in [-0.2, 0) is 4.79 Å². The van der Waals surface area contributed by atoms with E-state index in [9.17, 15) is 4.79 Å². The van der Waals surface area contributed by atoms with Gasteiger partial charge in [0.1, 0.15) is 5.75 Å². The van der Waals surface area contributed by atoms with Crippen LogP contribution in [0.15, 0.2) is 48.0 Å². The van der Waals surface area contributed by atoms with Crippen LogP contribution in [0.4, 0.5) is 5.13 Å². The summed E-state index contributed by atoms with van der Waals surface area (Å²) in [6.45, 7) is 5.98. The Morgan fingerprint density at radius 3 is 2.80 bits per heavy atom. The van der Waals surface area contributed by atoms with Gasteiger partial charge in [0.05, 0.1) is 11.4 Å². The van der Waals surface area contributed by atoms with Crippen molar-refractivity contribution in [3.05, 3.63) is 53.5 Å². The van der Waals surface area contributed by atoms with Crippen molar-refractivity contribution in [3.63, 3.8) is 0 Å². The lowest BCUT2D eigenvalue weighted by molar-refractivity contribution is -0.122. The first-order valence-electron chi connectivity index (χ1n) is 8.19. The molecule has 6 heteroatoms. The molecular formula is C19H21N3O2S. The van der Waals surface area contributed by atoms with Gasteiger partial charge in [-0.1, -0.05) is 26.0 Å². The number of benzene rings is 1. The second-order valence-corrected chi connectivity index (χ2v) is 6.96. The zero-order valence-corrected chi connectivity index (χ0v) is 15.3. The van der Waals surface area contributed by atoms with E-state index in [1.54, 1.807) is 6.92 Å². The average Bonchev–Trinajstić information content (AvgIpc) is 3.26. The summed E-state index contributed by atoms with van der Waals surface area (Å²) in [5, 5.41) is 5.27. The molecule has 130 valence electrons. The number of hydrogen-bond acceptors (Lipinski definition) is 4. The molecule has 3 rings (SSSR count). The summed E-state index contributed by atoms with van der Waals surface area (Å²) >= 11 is 1.39. The Hall–Kier alpha value is -2.60. The molecule has 5 nitrogen and oxygen atoms in total. The summed E-state index contributed by atoms with van der Waals surface area (Å²) in [4.78, 5) is 19.9. The second-order valence-electron chi connectivity index (χ2n) is 6.10. The van der Waals surface area contributed by atoms with Crippen LogP contribution in [0.1, 0.15) is 32.3 Å². The maximum Gasteiger partial charge on any atom is 0.266 e. The van der Waals surface area contributed by atoms with Crippen LogP contribution in [0.3, 0.4) is 0 Å². The molecule has 0 aliphatic rings. The number of nitrogens with one attached hydrogen (secondary N) is 2. The van der Waals surface area contributed by atoms with Crippen molar-refractivity contribution in [1.82, 2.24) is 9.97 Å². The maximum atomic E-state index is 12.4. The number of carbonyl (C=O) groups excluding carboxylic acids is 1. The number of aromatic amines is 1. The van der Waals surface area contributed by atoms with Gasteiger partial charge in [-0.25, -0.2) is 4.98 Å². The summed E-state index contributed by atoms with van der Waals surface area (Å²) in [5.41, 5.74) is 2.91. The Bertz CT molecular complexity index is 840. The van der Waals surface area contributed by atoms with E-state index in [4.69, 9.17) is 4.74 Å². The Morgan fingerprint density at radius 2 is 2.08 bits per heavy atom. The van der Waals surface area contributed by atoms with Crippen molar-refractivity contribution in [3.8, 4) is 17.1 Å². The zero-order valence-electron chi connectivity index (χ0n) is 14.4.